The lowest BCUT2D eigenvalue weighted by Crippen LogP contribution is -2.31. The predicted molar refractivity (Wildman–Crippen MR) is 123 cm³/mol. The Bertz CT molecular complexity index is 1020. The lowest BCUT2D eigenvalue weighted by Gasteiger charge is -2.19. The zero-order valence-corrected chi connectivity index (χ0v) is 19.2. The molecule has 0 spiro atoms. The first-order valence-corrected chi connectivity index (χ1v) is 11.7. The van der Waals surface area contributed by atoms with Gasteiger partial charge in [0, 0.05) is 30.2 Å². The number of aromatic nitrogens is 2. The third kappa shape index (κ3) is 5.22. The summed E-state index contributed by atoms with van der Waals surface area (Å²) in [6, 6.07) is 12.7. The number of thiazole rings is 1. The molecule has 29 heavy (non-hydrogen) atoms. The minimum atomic E-state index is -3.42. The number of anilines is 2. The zero-order chi connectivity index (χ0) is 19.4. The van der Waals surface area contributed by atoms with E-state index in [1.807, 2.05) is 35.7 Å². The number of hydrogen-bond acceptors (Lipinski definition) is 6. The van der Waals surface area contributed by atoms with E-state index in [2.05, 4.69) is 15.3 Å². The van der Waals surface area contributed by atoms with Crippen LogP contribution in [0.3, 0.4) is 0 Å². The Kier molecular flexibility index (Phi) is 7.39. The molecular formula is C20H23BrN4O2S2. The molecule has 1 aromatic carbocycles. The number of hydrogen-bond donors (Lipinski definition) is 1. The molecule has 3 aromatic rings. The van der Waals surface area contributed by atoms with E-state index >= 15 is 0 Å². The van der Waals surface area contributed by atoms with Crippen LogP contribution in [0.1, 0.15) is 25.7 Å². The van der Waals surface area contributed by atoms with Gasteiger partial charge in [-0.1, -0.05) is 31.0 Å². The molecular weight excluding hydrogens is 472 g/mol. The van der Waals surface area contributed by atoms with Gasteiger partial charge in [0.05, 0.1) is 10.6 Å². The van der Waals surface area contributed by atoms with Gasteiger partial charge in [0.1, 0.15) is 5.82 Å². The maximum absolute atomic E-state index is 12.9. The molecule has 1 saturated heterocycles. The molecule has 1 N–H and O–H groups in total. The second kappa shape index (κ2) is 9.80. The van der Waals surface area contributed by atoms with Crippen LogP contribution in [-0.4, -0.2) is 35.8 Å². The molecule has 6 nitrogen and oxygen atoms in total. The van der Waals surface area contributed by atoms with Crippen LogP contribution in [0.2, 0.25) is 0 Å². The standard InChI is InChI=1S/C20H22N4O2S2.BrH/c25-28(26,24-13-5-1-2-6-14-24)17-10-8-16(9-11-17)18-15-27-20(22-18)23-19-7-3-4-12-21-19;/h3-4,7-12,15H,1-2,5-6,13-14H2,(H,21,22,23);1H. The van der Waals surface area contributed by atoms with Gasteiger partial charge in [-0.15, -0.1) is 28.3 Å². The summed E-state index contributed by atoms with van der Waals surface area (Å²) >= 11 is 1.49. The van der Waals surface area contributed by atoms with Gasteiger partial charge in [-0.2, -0.15) is 4.31 Å². The third-order valence-corrected chi connectivity index (χ3v) is 7.43. The Morgan fingerprint density at radius 3 is 2.34 bits per heavy atom. The highest BCUT2D eigenvalue weighted by Crippen LogP contribution is 2.28. The topological polar surface area (TPSA) is 75.2 Å². The van der Waals surface area contributed by atoms with E-state index in [0.29, 0.717) is 18.0 Å². The highest BCUT2D eigenvalue weighted by atomic mass is 79.9. The maximum atomic E-state index is 12.9. The molecule has 0 atom stereocenters. The van der Waals surface area contributed by atoms with Crippen LogP contribution in [-0.2, 0) is 10.0 Å². The summed E-state index contributed by atoms with van der Waals surface area (Å²) in [6.07, 6.45) is 5.79. The summed E-state index contributed by atoms with van der Waals surface area (Å²) in [5.41, 5.74) is 1.70. The molecule has 1 fully saturated rings. The molecule has 154 valence electrons. The minimum Gasteiger partial charge on any atom is -0.316 e. The van der Waals surface area contributed by atoms with Crippen molar-refractivity contribution in [3.63, 3.8) is 0 Å². The first kappa shape index (κ1) is 21.9. The molecule has 9 heteroatoms. The molecule has 0 aliphatic carbocycles. The number of rotatable bonds is 5. The van der Waals surface area contributed by atoms with Crippen LogP contribution in [0.15, 0.2) is 58.9 Å². The fourth-order valence-corrected chi connectivity index (χ4v) is 5.48. The Balaban J connectivity index is 0.00000240. The highest BCUT2D eigenvalue weighted by Gasteiger charge is 2.25. The highest BCUT2D eigenvalue weighted by molar-refractivity contribution is 8.93. The molecule has 0 saturated carbocycles. The lowest BCUT2D eigenvalue weighted by atomic mass is 10.2. The molecule has 4 rings (SSSR count). The molecule has 0 bridgehead atoms. The summed E-state index contributed by atoms with van der Waals surface area (Å²) in [7, 11) is -3.42. The molecule has 1 aliphatic heterocycles. The van der Waals surface area contributed by atoms with E-state index in [0.717, 1.165) is 47.9 Å². The Labute approximate surface area is 185 Å². The quantitative estimate of drug-likeness (QED) is 0.534. The summed E-state index contributed by atoms with van der Waals surface area (Å²) < 4.78 is 27.4. The van der Waals surface area contributed by atoms with Crippen LogP contribution in [0, 0.1) is 0 Å². The minimum absolute atomic E-state index is 0. The lowest BCUT2D eigenvalue weighted by molar-refractivity contribution is 0.424. The summed E-state index contributed by atoms with van der Waals surface area (Å²) in [5.74, 6) is 0.738. The van der Waals surface area contributed by atoms with Gasteiger partial charge in [0.25, 0.3) is 0 Å². The molecule has 1 aliphatic rings. The van der Waals surface area contributed by atoms with Crippen LogP contribution in [0.4, 0.5) is 10.9 Å². The zero-order valence-electron chi connectivity index (χ0n) is 15.8. The Hall–Kier alpha value is -1.81. The van der Waals surface area contributed by atoms with Crippen molar-refractivity contribution in [3.05, 3.63) is 54.0 Å². The second-order valence-corrected chi connectivity index (χ2v) is 9.52. The van der Waals surface area contributed by atoms with Crippen molar-refractivity contribution < 1.29 is 8.42 Å². The van der Waals surface area contributed by atoms with Gasteiger partial charge in [-0.3, -0.25) is 0 Å². The largest absolute Gasteiger partial charge is 0.316 e. The Morgan fingerprint density at radius 2 is 1.69 bits per heavy atom. The monoisotopic (exact) mass is 494 g/mol. The summed E-state index contributed by atoms with van der Waals surface area (Å²) in [4.78, 5) is 9.15. The number of pyridine rings is 1. The van der Waals surface area contributed by atoms with Gasteiger partial charge in [0.15, 0.2) is 5.13 Å². The van der Waals surface area contributed by atoms with Crippen LogP contribution >= 0.6 is 28.3 Å². The van der Waals surface area contributed by atoms with Gasteiger partial charge in [-0.25, -0.2) is 18.4 Å². The fraction of sp³-hybridized carbons (Fsp3) is 0.300. The van der Waals surface area contributed by atoms with Gasteiger partial charge >= 0.3 is 0 Å². The van der Waals surface area contributed by atoms with E-state index in [1.165, 1.54) is 11.3 Å². The van der Waals surface area contributed by atoms with Gasteiger partial charge in [0.2, 0.25) is 10.0 Å². The van der Waals surface area contributed by atoms with Crippen molar-refractivity contribution in [2.75, 3.05) is 18.4 Å². The average molecular weight is 495 g/mol. The van der Waals surface area contributed by atoms with E-state index in [-0.39, 0.29) is 17.0 Å². The van der Waals surface area contributed by atoms with E-state index in [9.17, 15) is 8.42 Å². The average Bonchev–Trinajstić information content (AvgIpc) is 3.00. The number of nitrogens with one attached hydrogen (secondary N) is 1. The number of benzene rings is 1. The number of halogens is 1. The maximum Gasteiger partial charge on any atom is 0.243 e. The first-order valence-electron chi connectivity index (χ1n) is 9.37. The van der Waals surface area contributed by atoms with E-state index < -0.39 is 10.0 Å². The SMILES string of the molecule is Br.O=S(=O)(c1ccc(-c2csc(Nc3ccccn3)n2)cc1)N1CCCCCC1. The van der Waals surface area contributed by atoms with Gasteiger partial charge in [-0.05, 0) is 37.1 Å². The number of nitrogens with zero attached hydrogens (tertiary/aromatic N) is 3. The van der Waals surface area contributed by atoms with Crippen molar-refractivity contribution in [1.82, 2.24) is 14.3 Å². The van der Waals surface area contributed by atoms with Gasteiger partial charge < -0.3 is 5.32 Å². The smallest absolute Gasteiger partial charge is 0.243 e. The van der Waals surface area contributed by atoms with Crippen molar-refractivity contribution >= 4 is 49.3 Å². The predicted octanol–water partition coefficient (Wildman–Crippen LogP) is 5.09. The van der Waals surface area contributed by atoms with Crippen molar-refractivity contribution in [2.24, 2.45) is 0 Å². The number of sulfonamides is 1. The molecule has 0 amide bonds. The van der Waals surface area contributed by atoms with Crippen LogP contribution in [0.25, 0.3) is 11.3 Å². The van der Waals surface area contributed by atoms with E-state index in [1.54, 1.807) is 22.6 Å². The van der Waals surface area contributed by atoms with Crippen LogP contribution < -0.4 is 5.32 Å². The fourth-order valence-electron chi connectivity index (χ4n) is 3.24. The van der Waals surface area contributed by atoms with Crippen LogP contribution in [0.5, 0.6) is 0 Å². The Morgan fingerprint density at radius 1 is 0.966 bits per heavy atom. The molecule has 0 radical (unpaired) electrons. The van der Waals surface area contributed by atoms with Crippen molar-refractivity contribution in [1.29, 1.82) is 0 Å². The third-order valence-electron chi connectivity index (χ3n) is 4.76. The first-order chi connectivity index (χ1) is 13.6. The molecule has 0 unspecified atom stereocenters. The normalized spacial score (nSPS) is 15.3. The van der Waals surface area contributed by atoms with Crippen molar-refractivity contribution in [2.45, 2.75) is 30.6 Å². The molecule has 3 heterocycles. The second-order valence-electron chi connectivity index (χ2n) is 6.72. The summed E-state index contributed by atoms with van der Waals surface area (Å²) in [6.45, 7) is 1.22. The summed E-state index contributed by atoms with van der Waals surface area (Å²) in [5, 5.41) is 5.87. The van der Waals surface area contributed by atoms with E-state index in [4.69, 9.17) is 0 Å². The molecule has 2 aromatic heterocycles. The van der Waals surface area contributed by atoms with Crippen molar-refractivity contribution in [3.8, 4) is 11.3 Å².